The zero-order valence-electron chi connectivity index (χ0n) is 36.0. The van der Waals surface area contributed by atoms with E-state index in [2.05, 4.69) is 27.7 Å². The second-order valence-electron chi connectivity index (χ2n) is 16.3. The quantitative estimate of drug-likeness (QED) is 0.0309. The smallest absolute Gasteiger partial charge is 0.462 e. The van der Waals surface area contributed by atoms with Crippen molar-refractivity contribution in [2.75, 3.05) is 26.4 Å². The molecule has 0 saturated carbocycles. The van der Waals surface area contributed by atoms with Crippen LogP contribution >= 0.6 is 7.82 Å². The molecule has 0 radical (unpaired) electrons. The van der Waals surface area contributed by atoms with Crippen molar-refractivity contribution in [3.63, 3.8) is 0 Å². The summed E-state index contributed by atoms with van der Waals surface area (Å²) >= 11 is 0. The lowest BCUT2D eigenvalue weighted by Crippen LogP contribution is -2.29. The summed E-state index contributed by atoms with van der Waals surface area (Å²) < 4.78 is 32.7. The van der Waals surface area contributed by atoms with E-state index in [1.54, 1.807) is 0 Å². The number of rotatable bonds is 42. The highest BCUT2D eigenvalue weighted by Gasteiger charge is 2.27. The molecule has 0 heterocycles. The van der Waals surface area contributed by atoms with Gasteiger partial charge in [-0.05, 0) is 24.7 Å². The molecule has 0 saturated heterocycles. The molecular weight excluding hydrogens is 719 g/mol. The largest absolute Gasteiger partial charge is 0.472 e. The van der Waals surface area contributed by atoms with Gasteiger partial charge < -0.3 is 24.6 Å². The average Bonchev–Trinajstić information content (AvgIpc) is 3.17. The molecule has 0 aliphatic rings. The first-order valence-electron chi connectivity index (χ1n) is 22.8. The highest BCUT2D eigenvalue weighted by atomic mass is 31.2. The minimum atomic E-state index is -4.61. The predicted octanol–water partition coefficient (Wildman–Crippen LogP) is 11.9. The van der Waals surface area contributed by atoms with E-state index in [0.717, 1.165) is 50.4 Å². The van der Waals surface area contributed by atoms with Crippen LogP contribution in [0.3, 0.4) is 0 Å². The topological polar surface area (TPSA) is 149 Å². The first kappa shape index (κ1) is 54.0. The van der Waals surface area contributed by atoms with E-state index >= 15 is 0 Å². The Balaban J connectivity index is 4.14. The van der Waals surface area contributed by atoms with Gasteiger partial charge in [-0.15, -0.1) is 0 Å². The van der Waals surface area contributed by atoms with Crippen LogP contribution in [0.5, 0.6) is 0 Å². The third kappa shape index (κ3) is 38.3. The van der Waals surface area contributed by atoms with Gasteiger partial charge in [0.1, 0.15) is 12.7 Å². The van der Waals surface area contributed by atoms with Crippen molar-refractivity contribution in [3.05, 3.63) is 0 Å². The van der Waals surface area contributed by atoms with Crippen molar-refractivity contribution in [1.29, 1.82) is 0 Å². The van der Waals surface area contributed by atoms with Gasteiger partial charge in [0, 0.05) is 12.8 Å². The van der Waals surface area contributed by atoms with Crippen molar-refractivity contribution in [3.8, 4) is 0 Å². The summed E-state index contributed by atoms with van der Waals surface area (Å²) in [7, 11) is -4.61. The molecule has 0 aromatic heterocycles. The van der Waals surface area contributed by atoms with E-state index in [0.29, 0.717) is 12.8 Å². The molecule has 0 bridgehead atoms. The number of unbranched alkanes of at least 4 members (excludes halogenated alkanes) is 22. The number of phosphoric ester groups is 1. The normalized spacial score (nSPS) is 15.0. The fraction of sp³-hybridized carbons (Fsp3) is 0.955. The second kappa shape index (κ2) is 38.5. The zero-order valence-corrected chi connectivity index (χ0v) is 36.9. The van der Waals surface area contributed by atoms with Crippen LogP contribution < -0.4 is 0 Å². The number of esters is 2. The molecule has 0 rings (SSSR count). The molecule has 0 aliphatic carbocycles. The molecule has 0 aromatic carbocycles. The predicted molar refractivity (Wildman–Crippen MR) is 224 cm³/mol. The van der Waals surface area contributed by atoms with Crippen LogP contribution in [0.1, 0.15) is 220 Å². The van der Waals surface area contributed by atoms with Crippen molar-refractivity contribution < 1.29 is 47.8 Å². The maximum Gasteiger partial charge on any atom is 0.472 e. The first-order valence-corrected chi connectivity index (χ1v) is 24.3. The lowest BCUT2D eigenvalue weighted by molar-refractivity contribution is -0.161. The highest BCUT2D eigenvalue weighted by molar-refractivity contribution is 7.47. The highest BCUT2D eigenvalue weighted by Crippen LogP contribution is 2.43. The van der Waals surface area contributed by atoms with Gasteiger partial charge in [-0.3, -0.25) is 18.6 Å². The maximum absolute atomic E-state index is 12.6. The molecule has 0 amide bonds. The number of ether oxygens (including phenoxy) is 2. The van der Waals surface area contributed by atoms with Gasteiger partial charge in [-0.2, -0.15) is 0 Å². The molecule has 0 aromatic rings. The summed E-state index contributed by atoms with van der Waals surface area (Å²) in [5.74, 6) is 0.753. The number of carbonyl (C=O) groups is 2. The number of carbonyl (C=O) groups excluding carboxylic acids is 2. The number of aliphatic hydroxyl groups is 2. The Labute approximate surface area is 337 Å². The molecule has 3 unspecified atom stereocenters. The molecule has 3 N–H and O–H groups in total. The fourth-order valence-corrected chi connectivity index (χ4v) is 7.32. The molecule has 0 fully saturated rings. The lowest BCUT2D eigenvalue weighted by atomic mass is 9.99. The van der Waals surface area contributed by atoms with Gasteiger partial charge in [0.2, 0.25) is 0 Å². The van der Waals surface area contributed by atoms with Crippen LogP contribution in [0.15, 0.2) is 0 Å². The van der Waals surface area contributed by atoms with Gasteiger partial charge in [0.15, 0.2) is 6.10 Å². The summed E-state index contributed by atoms with van der Waals surface area (Å²) in [4.78, 5) is 34.9. The number of phosphoric acid groups is 1. The van der Waals surface area contributed by atoms with E-state index in [-0.39, 0.29) is 19.4 Å². The van der Waals surface area contributed by atoms with Crippen molar-refractivity contribution in [2.24, 2.45) is 11.8 Å². The lowest BCUT2D eigenvalue weighted by Gasteiger charge is -2.20. The molecular formula is C44H87O10P. The summed E-state index contributed by atoms with van der Waals surface area (Å²) in [5.41, 5.74) is 0. The van der Waals surface area contributed by atoms with Crippen LogP contribution in [0.2, 0.25) is 0 Å². The summed E-state index contributed by atoms with van der Waals surface area (Å²) in [6.45, 7) is 7.07. The van der Waals surface area contributed by atoms with Crippen LogP contribution in [-0.2, 0) is 32.7 Å². The van der Waals surface area contributed by atoms with Gasteiger partial charge in [0.25, 0.3) is 0 Å². The fourth-order valence-electron chi connectivity index (χ4n) is 6.53. The third-order valence-corrected chi connectivity index (χ3v) is 11.8. The minimum absolute atomic E-state index is 0.191. The van der Waals surface area contributed by atoms with Crippen LogP contribution in [0, 0.1) is 11.8 Å². The van der Waals surface area contributed by atoms with E-state index in [4.69, 9.17) is 23.6 Å². The van der Waals surface area contributed by atoms with Gasteiger partial charge in [-0.1, -0.05) is 195 Å². The van der Waals surface area contributed by atoms with Crippen LogP contribution in [0.4, 0.5) is 0 Å². The molecule has 10 nitrogen and oxygen atoms in total. The van der Waals surface area contributed by atoms with Gasteiger partial charge >= 0.3 is 19.8 Å². The summed E-state index contributed by atoms with van der Waals surface area (Å²) in [6, 6.07) is 0. The summed E-state index contributed by atoms with van der Waals surface area (Å²) in [6.07, 6.45) is 32.3. The monoisotopic (exact) mass is 807 g/mol. The first-order chi connectivity index (χ1) is 26.5. The molecule has 0 spiro atoms. The number of hydrogen-bond donors (Lipinski definition) is 3. The van der Waals surface area contributed by atoms with Crippen molar-refractivity contribution in [1.82, 2.24) is 0 Å². The standard InChI is InChI=1S/C44H87O10P/c1-5-39(3)31-27-23-19-17-15-13-11-9-7-8-10-12-14-16-18-20-26-30-34-44(48)54-42(38-53-55(49,50)52-36-41(46)35-45)37-51-43(47)33-29-25-22-21-24-28-32-40(4)6-2/h39-42,45-46H,5-38H2,1-4H3,(H,49,50)/t39?,40?,41-,42+/m0/s1. The molecule has 5 atom stereocenters. The average molecular weight is 807 g/mol. The minimum Gasteiger partial charge on any atom is -0.462 e. The van der Waals surface area contributed by atoms with Crippen molar-refractivity contribution in [2.45, 2.75) is 233 Å². The van der Waals surface area contributed by atoms with Gasteiger partial charge in [0.05, 0.1) is 19.8 Å². The molecule has 11 heteroatoms. The Morgan fingerprint density at radius 1 is 0.527 bits per heavy atom. The molecule has 55 heavy (non-hydrogen) atoms. The maximum atomic E-state index is 12.6. The summed E-state index contributed by atoms with van der Waals surface area (Å²) in [5, 5.41) is 18.3. The number of aliphatic hydroxyl groups excluding tert-OH is 2. The van der Waals surface area contributed by atoms with E-state index in [1.165, 1.54) is 128 Å². The SMILES string of the molecule is CCC(C)CCCCCCCCCCCCCCCCCCCCC(=O)O[C@H](COC(=O)CCCCCCCCC(C)CC)COP(=O)(O)OC[C@@H](O)CO. The Bertz CT molecular complexity index is 919. The second-order valence-corrected chi connectivity index (χ2v) is 17.7. The van der Waals surface area contributed by atoms with E-state index in [9.17, 15) is 24.2 Å². The Morgan fingerprint density at radius 3 is 1.25 bits per heavy atom. The van der Waals surface area contributed by atoms with Crippen molar-refractivity contribution >= 4 is 19.8 Å². The third-order valence-electron chi connectivity index (χ3n) is 10.8. The Kier molecular flexibility index (Phi) is 37.8. The number of hydrogen-bond acceptors (Lipinski definition) is 9. The molecule has 328 valence electrons. The van der Waals surface area contributed by atoms with Crippen LogP contribution in [-0.4, -0.2) is 65.7 Å². The Morgan fingerprint density at radius 2 is 0.873 bits per heavy atom. The van der Waals surface area contributed by atoms with E-state index in [1.807, 2.05) is 0 Å². The van der Waals surface area contributed by atoms with Crippen LogP contribution in [0.25, 0.3) is 0 Å². The Hall–Kier alpha value is -1.03. The molecule has 0 aliphatic heterocycles. The zero-order chi connectivity index (χ0) is 40.8. The van der Waals surface area contributed by atoms with E-state index < -0.39 is 51.8 Å². The van der Waals surface area contributed by atoms with Gasteiger partial charge in [-0.25, -0.2) is 4.57 Å².